The molecule has 176 valence electrons. The fraction of sp³-hybridized carbons (Fsp3) is 0.615. The molecular weight excluding hydrogens is 416 g/mol. The van der Waals surface area contributed by atoms with Gasteiger partial charge in [0.1, 0.15) is 0 Å². The summed E-state index contributed by atoms with van der Waals surface area (Å²) in [6.45, 7) is 11.1. The summed E-state index contributed by atoms with van der Waals surface area (Å²) < 4.78 is 0. The minimum Gasteiger partial charge on any atom is -0.360 e. The molecule has 5 nitrogen and oxygen atoms in total. The van der Waals surface area contributed by atoms with Crippen molar-refractivity contribution in [2.75, 3.05) is 26.2 Å². The minimum atomic E-state index is -0.0176. The third-order valence-corrected chi connectivity index (χ3v) is 7.15. The van der Waals surface area contributed by atoms with E-state index < -0.39 is 0 Å². The fourth-order valence-corrected chi connectivity index (χ4v) is 4.96. The molecule has 1 aliphatic carbocycles. The van der Waals surface area contributed by atoms with Gasteiger partial charge in [-0.2, -0.15) is 0 Å². The number of nitrogens with zero attached hydrogens (tertiary/aromatic N) is 2. The van der Waals surface area contributed by atoms with E-state index in [9.17, 15) is 4.79 Å². The zero-order chi connectivity index (χ0) is 22.9. The van der Waals surface area contributed by atoms with Crippen LogP contribution in [-0.2, 0) is 13.0 Å². The normalized spacial score (nSPS) is 14.8. The molecule has 32 heavy (non-hydrogen) atoms. The van der Waals surface area contributed by atoms with Gasteiger partial charge in [0.05, 0.1) is 6.54 Å². The molecule has 0 amide bonds. The first-order valence-corrected chi connectivity index (χ1v) is 12.9. The number of fused-ring (bicyclic) bond motifs is 1. The van der Waals surface area contributed by atoms with Gasteiger partial charge >= 0.3 is 0 Å². The summed E-state index contributed by atoms with van der Waals surface area (Å²) >= 11 is 5.86. The first-order chi connectivity index (χ1) is 15.5. The summed E-state index contributed by atoms with van der Waals surface area (Å²) in [7, 11) is 0. The van der Waals surface area contributed by atoms with E-state index in [-0.39, 0.29) is 5.56 Å². The van der Waals surface area contributed by atoms with Gasteiger partial charge in [0.25, 0.3) is 5.56 Å². The Hall–Kier alpha value is -1.92. The van der Waals surface area contributed by atoms with Crippen molar-refractivity contribution >= 4 is 28.2 Å². The Labute approximate surface area is 198 Å². The quantitative estimate of drug-likeness (QED) is 0.502. The third kappa shape index (κ3) is 6.79. The molecule has 1 saturated carbocycles. The second-order valence-corrected chi connectivity index (χ2v) is 9.37. The van der Waals surface area contributed by atoms with E-state index in [0.29, 0.717) is 12.6 Å². The molecule has 0 atom stereocenters. The lowest BCUT2D eigenvalue weighted by Gasteiger charge is -2.31. The molecule has 0 saturated heterocycles. The van der Waals surface area contributed by atoms with Crippen LogP contribution in [0.5, 0.6) is 0 Å². The number of benzene rings is 1. The number of rotatable bonds is 10. The average molecular weight is 457 g/mol. The molecule has 1 aromatic heterocycles. The summed E-state index contributed by atoms with van der Waals surface area (Å²) in [5.74, 6) is 0. The van der Waals surface area contributed by atoms with Crippen molar-refractivity contribution < 1.29 is 0 Å². The molecule has 2 N–H and O–H groups in total. The predicted octanol–water partition coefficient (Wildman–Crippen LogP) is 4.83. The van der Waals surface area contributed by atoms with Gasteiger partial charge in [0.15, 0.2) is 5.11 Å². The van der Waals surface area contributed by atoms with Gasteiger partial charge in [-0.25, -0.2) is 0 Å². The molecule has 0 spiro atoms. The summed E-state index contributed by atoms with van der Waals surface area (Å²) in [4.78, 5) is 20.6. The maximum Gasteiger partial charge on any atom is 0.253 e. The van der Waals surface area contributed by atoms with Crippen LogP contribution in [0.3, 0.4) is 0 Å². The van der Waals surface area contributed by atoms with E-state index in [2.05, 4.69) is 53.0 Å². The molecule has 3 rings (SSSR count). The van der Waals surface area contributed by atoms with Crippen molar-refractivity contribution in [1.82, 2.24) is 20.1 Å². The number of pyridine rings is 1. The second kappa shape index (κ2) is 12.4. The number of thiocarbonyl (C=S) groups is 1. The lowest BCUT2D eigenvalue weighted by Crippen LogP contribution is -2.46. The molecule has 0 bridgehead atoms. The van der Waals surface area contributed by atoms with Gasteiger partial charge in [-0.15, -0.1) is 0 Å². The zero-order valence-electron chi connectivity index (χ0n) is 20.1. The molecule has 1 aliphatic rings. The minimum absolute atomic E-state index is 0.0176. The first kappa shape index (κ1) is 24.7. The van der Waals surface area contributed by atoms with Gasteiger partial charge in [-0.3, -0.25) is 4.79 Å². The Bertz CT molecular complexity index is 931. The molecule has 0 aliphatic heterocycles. The van der Waals surface area contributed by atoms with Crippen molar-refractivity contribution in [1.29, 1.82) is 0 Å². The Balaban J connectivity index is 1.77. The van der Waals surface area contributed by atoms with Gasteiger partial charge in [-0.05, 0) is 86.7 Å². The highest BCUT2D eigenvalue weighted by Crippen LogP contribution is 2.19. The van der Waals surface area contributed by atoms with Crippen LogP contribution in [0.15, 0.2) is 29.1 Å². The van der Waals surface area contributed by atoms with Crippen LogP contribution < -0.4 is 10.9 Å². The highest BCUT2D eigenvalue weighted by molar-refractivity contribution is 7.80. The van der Waals surface area contributed by atoms with E-state index in [4.69, 9.17) is 12.2 Å². The van der Waals surface area contributed by atoms with E-state index in [0.717, 1.165) is 60.6 Å². The van der Waals surface area contributed by atoms with E-state index in [1.54, 1.807) is 0 Å². The summed E-state index contributed by atoms with van der Waals surface area (Å²) in [5.41, 5.74) is 2.94. The SMILES string of the molecule is CCc1ccc2[nH]c(=O)c(CN(CCCN(CC)CC)C(=S)NC3CCCCC3)cc2c1. The highest BCUT2D eigenvalue weighted by atomic mass is 32.1. The maximum atomic E-state index is 12.9. The number of nitrogens with one attached hydrogen (secondary N) is 2. The summed E-state index contributed by atoms with van der Waals surface area (Å²) in [6.07, 6.45) is 8.24. The smallest absolute Gasteiger partial charge is 0.253 e. The van der Waals surface area contributed by atoms with E-state index in [1.807, 2.05) is 12.1 Å². The van der Waals surface area contributed by atoms with Crippen molar-refractivity contribution in [3.63, 3.8) is 0 Å². The van der Waals surface area contributed by atoms with E-state index in [1.165, 1.54) is 37.7 Å². The number of hydrogen-bond acceptors (Lipinski definition) is 3. The molecule has 0 radical (unpaired) electrons. The number of aromatic amines is 1. The highest BCUT2D eigenvalue weighted by Gasteiger charge is 2.19. The number of hydrogen-bond donors (Lipinski definition) is 2. The average Bonchev–Trinajstić information content (AvgIpc) is 2.81. The van der Waals surface area contributed by atoms with Crippen molar-refractivity contribution in [2.45, 2.75) is 78.3 Å². The third-order valence-electron chi connectivity index (χ3n) is 6.77. The van der Waals surface area contributed by atoms with Crippen LogP contribution in [0.2, 0.25) is 0 Å². The topological polar surface area (TPSA) is 51.4 Å². The number of H-pyrrole nitrogens is 1. The Morgan fingerprint density at radius 2 is 1.84 bits per heavy atom. The Morgan fingerprint density at radius 1 is 1.09 bits per heavy atom. The van der Waals surface area contributed by atoms with Crippen LogP contribution in [0.1, 0.15) is 70.4 Å². The summed E-state index contributed by atoms with van der Waals surface area (Å²) in [6, 6.07) is 8.78. The lowest BCUT2D eigenvalue weighted by molar-refractivity contribution is 0.277. The molecule has 1 heterocycles. The van der Waals surface area contributed by atoms with Crippen LogP contribution in [0.4, 0.5) is 0 Å². The largest absolute Gasteiger partial charge is 0.360 e. The fourth-order valence-electron chi connectivity index (χ4n) is 4.63. The predicted molar refractivity (Wildman–Crippen MR) is 139 cm³/mol. The number of aromatic nitrogens is 1. The van der Waals surface area contributed by atoms with Crippen LogP contribution in [0, 0.1) is 0 Å². The molecule has 2 aromatic rings. The number of aryl methyl sites for hydroxylation is 1. The standard InChI is InChI=1S/C26H40N4OS/c1-4-20-13-14-24-21(17-20)18-22(25(31)28-24)19-30(16-10-15-29(5-2)6-3)26(32)27-23-11-8-7-9-12-23/h13-14,17-18,23H,4-12,15-16,19H2,1-3H3,(H,27,32)(H,28,31). The molecular formula is C26H40N4OS. The maximum absolute atomic E-state index is 12.9. The van der Waals surface area contributed by atoms with Crippen molar-refractivity contribution in [3.8, 4) is 0 Å². The van der Waals surface area contributed by atoms with Crippen LogP contribution in [-0.4, -0.2) is 52.1 Å². The zero-order valence-corrected chi connectivity index (χ0v) is 20.9. The van der Waals surface area contributed by atoms with Gasteiger partial charge in [-0.1, -0.05) is 46.1 Å². The Morgan fingerprint density at radius 3 is 2.53 bits per heavy atom. The first-order valence-electron chi connectivity index (χ1n) is 12.5. The Kier molecular flexibility index (Phi) is 9.54. The lowest BCUT2D eigenvalue weighted by atomic mass is 9.96. The monoisotopic (exact) mass is 456 g/mol. The van der Waals surface area contributed by atoms with Crippen LogP contribution in [0.25, 0.3) is 10.9 Å². The molecule has 6 heteroatoms. The van der Waals surface area contributed by atoms with Crippen molar-refractivity contribution in [3.05, 3.63) is 45.7 Å². The van der Waals surface area contributed by atoms with Crippen LogP contribution >= 0.6 is 12.2 Å². The molecule has 1 fully saturated rings. The van der Waals surface area contributed by atoms with Gasteiger partial charge in [0.2, 0.25) is 0 Å². The van der Waals surface area contributed by atoms with Gasteiger partial charge < -0.3 is 20.1 Å². The second-order valence-electron chi connectivity index (χ2n) is 8.99. The molecule has 1 aromatic carbocycles. The van der Waals surface area contributed by atoms with Crippen molar-refractivity contribution in [2.24, 2.45) is 0 Å². The van der Waals surface area contributed by atoms with Gasteiger partial charge in [0, 0.05) is 23.7 Å². The van der Waals surface area contributed by atoms with E-state index >= 15 is 0 Å². The summed E-state index contributed by atoms with van der Waals surface area (Å²) in [5, 5.41) is 5.49. The molecule has 0 unspecified atom stereocenters.